The molecule has 0 unspecified atom stereocenters. The highest BCUT2D eigenvalue weighted by molar-refractivity contribution is 5.85. The number of hydrogen-bond donors (Lipinski definition) is 0. The summed E-state index contributed by atoms with van der Waals surface area (Å²) in [5.74, 6) is 1.60. The first-order valence-electron chi connectivity index (χ1n) is 7.61. The quantitative estimate of drug-likeness (QED) is 0.729. The summed E-state index contributed by atoms with van der Waals surface area (Å²) in [6, 6.07) is 15.5. The third kappa shape index (κ3) is 2.32. The number of fused-ring (bicyclic) bond motifs is 3. The number of aromatic nitrogens is 2. The van der Waals surface area contributed by atoms with Crippen molar-refractivity contribution in [1.29, 1.82) is 0 Å². The highest BCUT2D eigenvalue weighted by Crippen LogP contribution is 2.30. The van der Waals surface area contributed by atoms with Crippen LogP contribution in [0.4, 0.5) is 0 Å². The van der Waals surface area contributed by atoms with Crippen LogP contribution >= 0.6 is 0 Å². The highest BCUT2D eigenvalue weighted by Gasteiger charge is 2.20. The van der Waals surface area contributed by atoms with Gasteiger partial charge in [-0.25, -0.2) is 0 Å². The van der Waals surface area contributed by atoms with E-state index in [1.54, 1.807) is 7.11 Å². The molecule has 4 rings (SSSR count). The van der Waals surface area contributed by atoms with Gasteiger partial charge in [0.05, 0.1) is 18.0 Å². The van der Waals surface area contributed by atoms with Gasteiger partial charge in [-0.1, -0.05) is 24.3 Å². The zero-order valence-electron chi connectivity index (χ0n) is 12.8. The van der Waals surface area contributed by atoms with Gasteiger partial charge in [0.2, 0.25) is 0 Å². The maximum absolute atomic E-state index is 12.3. The zero-order chi connectivity index (χ0) is 15.8. The van der Waals surface area contributed by atoms with Crippen molar-refractivity contribution >= 4 is 22.6 Å². The first-order chi connectivity index (χ1) is 11.3. The standard InChI is InChI=1S/C19H16N2O2/c1-23-15-6-4-5-13(12-15)11-14-9-10-21-17-8-3-2-7-16(17)19(22)20-18(14)21/h2-8,11-12H,9-10H2,1H3/b14-11+. The molecule has 1 aromatic heterocycles. The number of methoxy groups -OCH3 is 1. The molecule has 0 N–H and O–H groups in total. The number of ether oxygens (including phenoxy) is 1. The second kappa shape index (κ2) is 5.39. The van der Waals surface area contributed by atoms with Crippen molar-refractivity contribution in [3.8, 4) is 5.75 Å². The summed E-state index contributed by atoms with van der Waals surface area (Å²) in [6.45, 7) is 0.846. The Morgan fingerprint density at radius 3 is 2.91 bits per heavy atom. The number of aryl methyl sites for hydroxylation is 1. The van der Waals surface area contributed by atoms with Crippen LogP contribution in [-0.2, 0) is 6.54 Å². The molecular formula is C19H16N2O2. The number of allylic oxidation sites excluding steroid dienone is 1. The van der Waals surface area contributed by atoms with Gasteiger partial charge in [0.25, 0.3) is 5.56 Å². The fraction of sp³-hybridized carbons (Fsp3) is 0.158. The van der Waals surface area contributed by atoms with Gasteiger partial charge >= 0.3 is 0 Å². The van der Waals surface area contributed by atoms with Crippen molar-refractivity contribution < 1.29 is 4.74 Å². The van der Waals surface area contributed by atoms with Crippen LogP contribution in [-0.4, -0.2) is 16.7 Å². The molecule has 4 nitrogen and oxygen atoms in total. The zero-order valence-corrected chi connectivity index (χ0v) is 12.8. The minimum atomic E-state index is -0.162. The average molecular weight is 304 g/mol. The molecule has 0 bridgehead atoms. The van der Waals surface area contributed by atoms with E-state index in [1.165, 1.54) is 0 Å². The molecule has 3 aromatic rings. The highest BCUT2D eigenvalue weighted by atomic mass is 16.5. The van der Waals surface area contributed by atoms with Crippen LogP contribution in [0, 0.1) is 0 Å². The summed E-state index contributed by atoms with van der Waals surface area (Å²) in [7, 11) is 1.66. The molecule has 2 heterocycles. The Balaban J connectivity index is 1.87. The molecule has 2 aromatic carbocycles. The van der Waals surface area contributed by atoms with E-state index in [9.17, 15) is 4.79 Å². The Bertz CT molecular complexity index is 986. The van der Waals surface area contributed by atoms with Crippen LogP contribution in [0.15, 0.2) is 53.3 Å². The summed E-state index contributed by atoms with van der Waals surface area (Å²) >= 11 is 0. The lowest BCUT2D eigenvalue weighted by molar-refractivity contribution is 0.414. The maximum atomic E-state index is 12.3. The molecule has 4 heteroatoms. The Morgan fingerprint density at radius 2 is 2.04 bits per heavy atom. The molecule has 0 spiro atoms. The normalized spacial score (nSPS) is 15.1. The van der Waals surface area contributed by atoms with E-state index in [4.69, 9.17) is 4.74 Å². The Morgan fingerprint density at radius 1 is 1.17 bits per heavy atom. The van der Waals surface area contributed by atoms with E-state index in [0.717, 1.165) is 41.2 Å². The van der Waals surface area contributed by atoms with E-state index in [2.05, 4.69) is 15.6 Å². The maximum Gasteiger partial charge on any atom is 0.281 e. The monoisotopic (exact) mass is 304 g/mol. The molecule has 0 saturated heterocycles. The van der Waals surface area contributed by atoms with Gasteiger partial charge in [-0.3, -0.25) is 4.79 Å². The van der Waals surface area contributed by atoms with Gasteiger partial charge in [0.1, 0.15) is 11.6 Å². The number of rotatable bonds is 2. The third-order valence-corrected chi connectivity index (χ3v) is 4.22. The predicted molar refractivity (Wildman–Crippen MR) is 91.5 cm³/mol. The summed E-state index contributed by atoms with van der Waals surface area (Å²) in [5, 5.41) is 0.680. The summed E-state index contributed by atoms with van der Waals surface area (Å²) in [6.07, 6.45) is 2.96. The molecule has 0 atom stereocenters. The summed E-state index contributed by atoms with van der Waals surface area (Å²) in [5.41, 5.74) is 2.93. The smallest absolute Gasteiger partial charge is 0.281 e. The van der Waals surface area contributed by atoms with Crippen molar-refractivity contribution in [3.63, 3.8) is 0 Å². The van der Waals surface area contributed by atoms with Crippen LogP contribution in [0.1, 0.15) is 17.8 Å². The molecule has 0 fully saturated rings. The number of benzene rings is 2. The first-order valence-corrected chi connectivity index (χ1v) is 7.61. The lowest BCUT2D eigenvalue weighted by Crippen LogP contribution is -2.14. The Kier molecular flexibility index (Phi) is 3.23. The van der Waals surface area contributed by atoms with Crippen LogP contribution in [0.3, 0.4) is 0 Å². The van der Waals surface area contributed by atoms with Crippen molar-refractivity contribution in [2.24, 2.45) is 0 Å². The fourth-order valence-corrected chi connectivity index (χ4v) is 3.11. The molecule has 0 radical (unpaired) electrons. The van der Waals surface area contributed by atoms with E-state index in [1.807, 2.05) is 48.5 Å². The van der Waals surface area contributed by atoms with Crippen molar-refractivity contribution in [2.45, 2.75) is 13.0 Å². The van der Waals surface area contributed by atoms with Gasteiger partial charge in [-0.2, -0.15) is 4.98 Å². The second-order valence-electron chi connectivity index (χ2n) is 5.61. The third-order valence-electron chi connectivity index (χ3n) is 4.22. The van der Waals surface area contributed by atoms with E-state index in [0.29, 0.717) is 5.39 Å². The number of para-hydroxylation sites is 1. The molecular weight excluding hydrogens is 288 g/mol. The molecule has 1 aliphatic rings. The second-order valence-corrected chi connectivity index (χ2v) is 5.61. The first kappa shape index (κ1) is 13.8. The van der Waals surface area contributed by atoms with Gasteiger partial charge in [-0.15, -0.1) is 0 Å². The average Bonchev–Trinajstić information content (AvgIpc) is 2.98. The molecule has 1 aliphatic heterocycles. The molecule has 0 amide bonds. The number of hydrogen-bond acceptors (Lipinski definition) is 3. The van der Waals surface area contributed by atoms with E-state index >= 15 is 0 Å². The van der Waals surface area contributed by atoms with E-state index in [-0.39, 0.29) is 5.56 Å². The number of nitrogens with zero attached hydrogens (tertiary/aromatic N) is 2. The van der Waals surface area contributed by atoms with Gasteiger partial charge < -0.3 is 9.30 Å². The van der Waals surface area contributed by atoms with Crippen LogP contribution < -0.4 is 10.3 Å². The fourth-order valence-electron chi connectivity index (χ4n) is 3.11. The van der Waals surface area contributed by atoms with Gasteiger partial charge in [0.15, 0.2) is 0 Å². The lowest BCUT2D eigenvalue weighted by Gasteiger charge is -2.07. The molecule has 0 saturated carbocycles. The van der Waals surface area contributed by atoms with Crippen LogP contribution in [0.2, 0.25) is 0 Å². The minimum Gasteiger partial charge on any atom is -0.497 e. The lowest BCUT2D eigenvalue weighted by atomic mass is 10.1. The van der Waals surface area contributed by atoms with Gasteiger partial charge in [-0.05, 0) is 47.9 Å². The van der Waals surface area contributed by atoms with Crippen LogP contribution in [0.25, 0.3) is 22.6 Å². The van der Waals surface area contributed by atoms with Crippen molar-refractivity contribution in [2.75, 3.05) is 7.11 Å². The summed E-state index contributed by atoms with van der Waals surface area (Å²) in [4.78, 5) is 16.6. The molecule has 0 aliphatic carbocycles. The topological polar surface area (TPSA) is 44.1 Å². The molecule has 114 valence electrons. The predicted octanol–water partition coefficient (Wildman–Crippen LogP) is 3.35. The largest absolute Gasteiger partial charge is 0.497 e. The van der Waals surface area contributed by atoms with Crippen molar-refractivity contribution in [3.05, 3.63) is 70.3 Å². The summed E-state index contributed by atoms with van der Waals surface area (Å²) < 4.78 is 7.39. The Labute approximate surface area is 133 Å². The van der Waals surface area contributed by atoms with Crippen LogP contribution in [0.5, 0.6) is 5.75 Å². The van der Waals surface area contributed by atoms with E-state index < -0.39 is 0 Å². The Hall–Kier alpha value is -2.88. The SMILES string of the molecule is COc1cccc(/C=C2\CCn3c2nc(=O)c2ccccc23)c1. The van der Waals surface area contributed by atoms with Crippen molar-refractivity contribution in [1.82, 2.24) is 9.55 Å². The molecule has 23 heavy (non-hydrogen) atoms. The minimum absolute atomic E-state index is 0.162. The van der Waals surface area contributed by atoms with Gasteiger partial charge in [0, 0.05) is 6.54 Å².